The van der Waals surface area contributed by atoms with Gasteiger partial charge in [-0.2, -0.15) is 0 Å². The van der Waals surface area contributed by atoms with Crippen LogP contribution in [-0.4, -0.2) is 33.1 Å². The Bertz CT molecular complexity index is 688. The van der Waals surface area contributed by atoms with Crippen molar-refractivity contribution < 1.29 is 10.0 Å². The molecule has 0 amide bonds. The van der Waals surface area contributed by atoms with E-state index in [0.29, 0.717) is 19.5 Å². The normalized spacial score (nSPS) is 27.8. The summed E-state index contributed by atoms with van der Waals surface area (Å²) in [7, 11) is 0. The van der Waals surface area contributed by atoms with Crippen molar-refractivity contribution in [2.75, 3.05) is 6.54 Å². The number of rotatable bonds is 4. The van der Waals surface area contributed by atoms with E-state index < -0.39 is 17.7 Å². The first-order chi connectivity index (χ1) is 11.5. The van der Waals surface area contributed by atoms with Gasteiger partial charge in [-0.15, -0.1) is 0 Å². The molecule has 2 aromatic rings. The molecule has 0 aromatic heterocycles. The Morgan fingerprint density at radius 2 is 1.75 bits per heavy atom. The highest BCUT2D eigenvalue weighted by molar-refractivity contribution is 5.24. The second-order valence-electron chi connectivity index (χ2n) is 6.65. The highest BCUT2D eigenvalue weighted by Crippen LogP contribution is 2.39. The number of nitro groups is 1. The predicted molar refractivity (Wildman–Crippen MR) is 92.1 cm³/mol. The molecule has 0 aliphatic carbocycles. The highest BCUT2D eigenvalue weighted by Gasteiger charge is 2.53. The fourth-order valence-electron chi connectivity index (χ4n) is 3.58. The minimum atomic E-state index is -1.32. The zero-order chi connectivity index (χ0) is 17.2. The van der Waals surface area contributed by atoms with E-state index >= 15 is 0 Å². The average molecular weight is 326 g/mol. The molecule has 1 aliphatic heterocycles. The van der Waals surface area contributed by atoms with E-state index in [1.54, 1.807) is 6.92 Å². The SMILES string of the molecule is C[C@]1(O)CCN(Cc2ccccc2)[C@H](c2ccccc2)[C@H]1[N+](=O)[O-]. The van der Waals surface area contributed by atoms with Crippen LogP contribution in [0.4, 0.5) is 0 Å². The van der Waals surface area contributed by atoms with Gasteiger partial charge in [0.25, 0.3) is 6.04 Å². The predicted octanol–water partition coefficient (Wildman–Crippen LogP) is 3.03. The lowest BCUT2D eigenvalue weighted by molar-refractivity contribution is -0.558. The minimum absolute atomic E-state index is 0.325. The van der Waals surface area contributed by atoms with Crippen LogP contribution in [-0.2, 0) is 6.54 Å². The molecule has 1 heterocycles. The third kappa shape index (κ3) is 3.32. The first-order valence-electron chi connectivity index (χ1n) is 8.18. The number of piperidine rings is 1. The Morgan fingerprint density at radius 1 is 1.17 bits per heavy atom. The summed E-state index contributed by atoms with van der Waals surface area (Å²) in [6, 6.07) is 17.9. The number of likely N-dealkylation sites (tertiary alicyclic amines) is 1. The van der Waals surface area contributed by atoms with Gasteiger partial charge in [-0.05, 0) is 24.5 Å². The maximum atomic E-state index is 11.8. The van der Waals surface area contributed by atoms with Crippen molar-refractivity contribution in [3.8, 4) is 0 Å². The van der Waals surface area contributed by atoms with Gasteiger partial charge < -0.3 is 5.11 Å². The van der Waals surface area contributed by atoms with Gasteiger partial charge in [0.05, 0.1) is 0 Å². The Morgan fingerprint density at radius 3 is 2.33 bits per heavy atom. The average Bonchev–Trinajstić information content (AvgIpc) is 2.57. The summed E-state index contributed by atoms with van der Waals surface area (Å²) in [5.74, 6) is 0. The number of benzene rings is 2. The third-order valence-corrected chi connectivity index (χ3v) is 4.83. The zero-order valence-electron chi connectivity index (χ0n) is 13.7. The summed E-state index contributed by atoms with van der Waals surface area (Å²) >= 11 is 0. The number of aliphatic hydroxyl groups is 1. The van der Waals surface area contributed by atoms with Crippen LogP contribution in [0.3, 0.4) is 0 Å². The van der Waals surface area contributed by atoms with Gasteiger partial charge in [-0.3, -0.25) is 15.0 Å². The van der Waals surface area contributed by atoms with E-state index in [9.17, 15) is 15.2 Å². The monoisotopic (exact) mass is 326 g/mol. The smallest absolute Gasteiger partial charge is 0.260 e. The van der Waals surface area contributed by atoms with Gasteiger partial charge in [0.1, 0.15) is 11.6 Å². The van der Waals surface area contributed by atoms with Gasteiger partial charge in [-0.25, -0.2) is 0 Å². The van der Waals surface area contributed by atoms with Gasteiger partial charge in [-0.1, -0.05) is 60.7 Å². The Balaban J connectivity index is 1.99. The molecule has 3 rings (SSSR count). The second kappa shape index (κ2) is 6.71. The van der Waals surface area contributed by atoms with E-state index in [1.807, 2.05) is 60.7 Å². The lowest BCUT2D eigenvalue weighted by atomic mass is 9.80. The summed E-state index contributed by atoms with van der Waals surface area (Å²) in [5, 5.41) is 22.4. The summed E-state index contributed by atoms with van der Waals surface area (Å²) in [6.45, 7) is 2.82. The lowest BCUT2D eigenvalue weighted by Crippen LogP contribution is -2.58. The van der Waals surface area contributed by atoms with Crippen LogP contribution >= 0.6 is 0 Å². The standard InChI is InChI=1S/C19H22N2O3/c1-19(22)12-13-20(14-15-8-4-2-5-9-15)17(18(19)21(23)24)16-10-6-3-7-11-16/h2-11,17-18,22H,12-14H2,1H3/t17-,18-,19+/m1/s1. The largest absolute Gasteiger partial charge is 0.383 e. The van der Waals surface area contributed by atoms with Gasteiger partial charge in [0, 0.05) is 18.0 Å². The molecule has 24 heavy (non-hydrogen) atoms. The Kier molecular flexibility index (Phi) is 4.64. The number of hydrogen-bond donors (Lipinski definition) is 1. The van der Waals surface area contributed by atoms with E-state index in [2.05, 4.69) is 4.90 Å². The molecule has 3 atom stereocenters. The van der Waals surface area contributed by atoms with Crippen molar-refractivity contribution in [3.05, 3.63) is 81.9 Å². The molecule has 126 valence electrons. The molecule has 1 N–H and O–H groups in total. The maximum absolute atomic E-state index is 11.8. The van der Waals surface area contributed by atoms with Crippen molar-refractivity contribution >= 4 is 0 Å². The summed E-state index contributed by atoms with van der Waals surface area (Å²) < 4.78 is 0. The van der Waals surface area contributed by atoms with Crippen LogP contribution in [0.15, 0.2) is 60.7 Å². The van der Waals surface area contributed by atoms with Crippen molar-refractivity contribution in [1.29, 1.82) is 0 Å². The van der Waals surface area contributed by atoms with Gasteiger partial charge in [0.2, 0.25) is 0 Å². The van der Waals surface area contributed by atoms with Crippen molar-refractivity contribution in [2.24, 2.45) is 0 Å². The number of hydrogen-bond acceptors (Lipinski definition) is 4. The third-order valence-electron chi connectivity index (χ3n) is 4.83. The van der Waals surface area contributed by atoms with Crippen molar-refractivity contribution in [1.82, 2.24) is 4.90 Å². The molecule has 5 nitrogen and oxygen atoms in total. The molecule has 0 unspecified atom stereocenters. The molecule has 0 bridgehead atoms. The van der Waals surface area contributed by atoms with Crippen LogP contribution in [0.5, 0.6) is 0 Å². The van der Waals surface area contributed by atoms with Crippen LogP contribution in [0.25, 0.3) is 0 Å². The molecule has 0 radical (unpaired) electrons. The van der Waals surface area contributed by atoms with Crippen LogP contribution in [0.1, 0.15) is 30.5 Å². The number of nitrogens with zero attached hydrogens (tertiary/aromatic N) is 2. The van der Waals surface area contributed by atoms with Crippen molar-refractivity contribution in [2.45, 2.75) is 37.6 Å². The first-order valence-corrected chi connectivity index (χ1v) is 8.18. The van der Waals surface area contributed by atoms with E-state index in [1.165, 1.54) is 0 Å². The lowest BCUT2D eigenvalue weighted by Gasteiger charge is -2.44. The van der Waals surface area contributed by atoms with Crippen LogP contribution in [0.2, 0.25) is 0 Å². The summed E-state index contributed by atoms with van der Waals surface area (Å²) in [6.07, 6.45) is 0.384. The molecule has 5 heteroatoms. The fraction of sp³-hybridized carbons (Fsp3) is 0.368. The zero-order valence-corrected chi connectivity index (χ0v) is 13.7. The fourth-order valence-corrected chi connectivity index (χ4v) is 3.58. The molecule has 0 spiro atoms. The van der Waals surface area contributed by atoms with E-state index in [4.69, 9.17) is 0 Å². The molecule has 1 aliphatic rings. The second-order valence-corrected chi connectivity index (χ2v) is 6.65. The summed E-state index contributed by atoms with van der Waals surface area (Å²) in [4.78, 5) is 13.6. The molecule has 1 saturated heterocycles. The first kappa shape index (κ1) is 16.6. The molecular formula is C19H22N2O3. The molecular weight excluding hydrogens is 304 g/mol. The maximum Gasteiger partial charge on any atom is 0.260 e. The summed E-state index contributed by atoms with van der Waals surface area (Å²) in [5.41, 5.74) is 0.661. The quantitative estimate of drug-likeness (QED) is 0.693. The topological polar surface area (TPSA) is 66.6 Å². The molecule has 0 saturated carbocycles. The Labute approximate surface area is 141 Å². The molecule has 2 aromatic carbocycles. The van der Waals surface area contributed by atoms with Crippen molar-refractivity contribution in [3.63, 3.8) is 0 Å². The van der Waals surface area contributed by atoms with E-state index in [0.717, 1.165) is 11.1 Å². The van der Waals surface area contributed by atoms with Gasteiger partial charge >= 0.3 is 0 Å². The van der Waals surface area contributed by atoms with Crippen LogP contribution < -0.4 is 0 Å². The highest BCUT2D eigenvalue weighted by atomic mass is 16.6. The van der Waals surface area contributed by atoms with Gasteiger partial charge in [0.15, 0.2) is 0 Å². The Hall–Kier alpha value is -2.24. The van der Waals surface area contributed by atoms with E-state index in [-0.39, 0.29) is 4.92 Å². The molecule has 1 fully saturated rings. The van der Waals surface area contributed by atoms with Crippen LogP contribution in [0, 0.1) is 10.1 Å². The minimum Gasteiger partial charge on any atom is -0.383 e.